The first-order valence-corrected chi connectivity index (χ1v) is 11.4. The molecule has 0 unspecified atom stereocenters. The zero-order chi connectivity index (χ0) is 20.8. The van der Waals surface area contributed by atoms with Crippen LogP contribution in [0.2, 0.25) is 0 Å². The molecule has 0 bridgehead atoms. The molecule has 1 aliphatic rings. The number of piperidine rings is 1. The molecular formula is C22H28N6OS. The first kappa shape index (κ1) is 20.4. The van der Waals surface area contributed by atoms with Gasteiger partial charge in [-0.05, 0) is 44.0 Å². The van der Waals surface area contributed by atoms with Crippen LogP contribution >= 0.6 is 11.3 Å². The Morgan fingerprint density at radius 2 is 1.93 bits per heavy atom. The first-order valence-electron chi connectivity index (χ1n) is 10.5. The van der Waals surface area contributed by atoms with Gasteiger partial charge in [0.05, 0.1) is 5.92 Å². The van der Waals surface area contributed by atoms with Crippen LogP contribution in [0.25, 0.3) is 5.13 Å². The SMILES string of the molecule is CCN(CCNC(=O)[C@@H]1CCCN(c2nnc(-n3cccc3)s2)C1)c1ccccc1. The molecule has 3 aromatic rings. The summed E-state index contributed by atoms with van der Waals surface area (Å²) < 4.78 is 1.96. The Labute approximate surface area is 181 Å². The van der Waals surface area contributed by atoms with Crippen LogP contribution in [0, 0.1) is 5.92 Å². The van der Waals surface area contributed by atoms with Crippen LogP contribution in [0.3, 0.4) is 0 Å². The molecule has 30 heavy (non-hydrogen) atoms. The molecule has 1 aliphatic heterocycles. The molecule has 0 saturated carbocycles. The fraction of sp³-hybridized carbons (Fsp3) is 0.409. The van der Waals surface area contributed by atoms with Gasteiger partial charge >= 0.3 is 0 Å². The van der Waals surface area contributed by atoms with Crippen molar-refractivity contribution in [3.05, 3.63) is 54.9 Å². The predicted octanol–water partition coefficient (Wildman–Crippen LogP) is 3.19. The number of nitrogens with zero attached hydrogens (tertiary/aromatic N) is 5. The van der Waals surface area contributed by atoms with Gasteiger partial charge < -0.3 is 15.1 Å². The third-order valence-electron chi connectivity index (χ3n) is 5.48. The fourth-order valence-corrected chi connectivity index (χ4v) is 4.68. The lowest BCUT2D eigenvalue weighted by Crippen LogP contribution is -2.44. The van der Waals surface area contributed by atoms with Gasteiger partial charge in [0.2, 0.25) is 16.2 Å². The maximum absolute atomic E-state index is 12.8. The second kappa shape index (κ2) is 9.75. The maximum Gasteiger partial charge on any atom is 0.224 e. The molecule has 1 N–H and O–H groups in total. The molecule has 1 fully saturated rings. The van der Waals surface area contributed by atoms with Crippen LogP contribution in [0.5, 0.6) is 0 Å². The Morgan fingerprint density at radius 3 is 2.70 bits per heavy atom. The van der Waals surface area contributed by atoms with Crippen LogP contribution in [0.15, 0.2) is 54.9 Å². The smallest absolute Gasteiger partial charge is 0.224 e. The number of carbonyl (C=O) groups excluding carboxylic acids is 1. The number of amides is 1. The van der Waals surface area contributed by atoms with Crippen molar-refractivity contribution < 1.29 is 4.79 Å². The van der Waals surface area contributed by atoms with E-state index in [1.165, 1.54) is 5.69 Å². The summed E-state index contributed by atoms with van der Waals surface area (Å²) in [6.45, 7) is 6.12. The number of anilines is 2. The molecule has 0 aliphatic carbocycles. The van der Waals surface area contributed by atoms with Gasteiger partial charge in [0, 0.05) is 50.8 Å². The van der Waals surface area contributed by atoms with Crippen LogP contribution in [-0.2, 0) is 4.79 Å². The van der Waals surface area contributed by atoms with Gasteiger partial charge in [0.25, 0.3) is 0 Å². The largest absolute Gasteiger partial charge is 0.370 e. The normalized spacial score (nSPS) is 16.4. The number of nitrogens with one attached hydrogen (secondary N) is 1. The predicted molar refractivity (Wildman–Crippen MR) is 122 cm³/mol. The Morgan fingerprint density at radius 1 is 1.17 bits per heavy atom. The molecule has 1 saturated heterocycles. The van der Waals surface area contributed by atoms with E-state index in [-0.39, 0.29) is 11.8 Å². The summed E-state index contributed by atoms with van der Waals surface area (Å²) in [5.74, 6) is 0.128. The number of hydrogen-bond acceptors (Lipinski definition) is 6. The Balaban J connectivity index is 1.29. The molecule has 158 valence electrons. The van der Waals surface area contributed by atoms with E-state index >= 15 is 0 Å². The van der Waals surface area contributed by atoms with E-state index in [1.54, 1.807) is 11.3 Å². The molecule has 0 spiro atoms. The molecule has 4 rings (SSSR count). The monoisotopic (exact) mass is 424 g/mol. The second-order valence-corrected chi connectivity index (χ2v) is 8.38. The first-order chi connectivity index (χ1) is 14.7. The molecule has 7 nitrogen and oxygen atoms in total. The lowest BCUT2D eigenvalue weighted by atomic mass is 9.97. The van der Waals surface area contributed by atoms with Crippen molar-refractivity contribution in [3.63, 3.8) is 0 Å². The Kier molecular flexibility index (Phi) is 6.63. The Bertz CT molecular complexity index is 926. The summed E-state index contributed by atoms with van der Waals surface area (Å²) in [7, 11) is 0. The third-order valence-corrected chi connectivity index (χ3v) is 6.47. The number of rotatable bonds is 8. The van der Waals surface area contributed by atoms with E-state index in [1.807, 2.05) is 47.3 Å². The average Bonchev–Trinajstić information content (AvgIpc) is 3.49. The van der Waals surface area contributed by atoms with Crippen LogP contribution < -0.4 is 15.1 Å². The highest BCUT2D eigenvalue weighted by molar-refractivity contribution is 7.17. The summed E-state index contributed by atoms with van der Waals surface area (Å²) in [5, 5.41) is 13.5. The van der Waals surface area contributed by atoms with E-state index < -0.39 is 0 Å². The number of para-hydroxylation sites is 1. The van der Waals surface area contributed by atoms with Gasteiger partial charge in [-0.1, -0.05) is 29.5 Å². The van der Waals surface area contributed by atoms with Gasteiger partial charge in [-0.2, -0.15) is 0 Å². The van der Waals surface area contributed by atoms with E-state index in [2.05, 4.69) is 44.4 Å². The molecule has 1 aromatic carbocycles. The summed E-state index contributed by atoms with van der Waals surface area (Å²) in [6, 6.07) is 14.3. The van der Waals surface area contributed by atoms with E-state index in [0.717, 1.165) is 42.7 Å². The van der Waals surface area contributed by atoms with Gasteiger partial charge in [0.1, 0.15) is 0 Å². The summed E-state index contributed by atoms with van der Waals surface area (Å²) in [5.41, 5.74) is 1.19. The molecule has 1 atom stereocenters. The van der Waals surface area contributed by atoms with Crippen molar-refractivity contribution in [3.8, 4) is 5.13 Å². The summed E-state index contributed by atoms with van der Waals surface area (Å²) in [6.07, 6.45) is 5.83. The molecule has 1 amide bonds. The number of aromatic nitrogens is 3. The van der Waals surface area contributed by atoms with Crippen molar-refractivity contribution in [2.75, 3.05) is 42.5 Å². The van der Waals surface area contributed by atoms with Gasteiger partial charge in [-0.25, -0.2) is 0 Å². The maximum atomic E-state index is 12.8. The van der Waals surface area contributed by atoms with E-state index in [4.69, 9.17) is 0 Å². The van der Waals surface area contributed by atoms with Crippen LogP contribution in [-0.4, -0.2) is 53.4 Å². The van der Waals surface area contributed by atoms with Crippen molar-refractivity contribution >= 4 is 28.1 Å². The van der Waals surface area contributed by atoms with Gasteiger partial charge in [-0.3, -0.25) is 9.36 Å². The average molecular weight is 425 g/mol. The van der Waals surface area contributed by atoms with Crippen molar-refractivity contribution in [1.82, 2.24) is 20.1 Å². The number of benzene rings is 1. The highest BCUT2D eigenvalue weighted by atomic mass is 32.1. The van der Waals surface area contributed by atoms with Crippen molar-refractivity contribution in [2.24, 2.45) is 5.92 Å². The van der Waals surface area contributed by atoms with Gasteiger partial charge in [-0.15, -0.1) is 10.2 Å². The molecule has 3 heterocycles. The zero-order valence-electron chi connectivity index (χ0n) is 17.3. The zero-order valence-corrected chi connectivity index (χ0v) is 18.1. The molecular weight excluding hydrogens is 396 g/mol. The topological polar surface area (TPSA) is 66.3 Å². The second-order valence-electron chi connectivity index (χ2n) is 7.45. The van der Waals surface area contributed by atoms with Crippen LogP contribution in [0.4, 0.5) is 10.8 Å². The fourth-order valence-electron chi connectivity index (χ4n) is 3.83. The number of hydrogen-bond donors (Lipinski definition) is 1. The highest BCUT2D eigenvalue weighted by Gasteiger charge is 2.27. The third kappa shape index (κ3) is 4.81. The molecule has 8 heteroatoms. The number of carbonyl (C=O) groups is 1. The molecule has 0 radical (unpaired) electrons. The van der Waals surface area contributed by atoms with E-state index in [9.17, 15) is 4.79 Å². The van der Waals surface area contributed by atoms with Crippen LogP contribution in [0.1, 0.15) is 19.8 Å². The standard InChI is InChI=1S/C22H28N6OS/c1-2-26(19-10-4-3-5-11-19)16-12-23-20(29)18-9-8-15-28(17-18)22-25-24-21(30-22)27-13-6-7-14-27/h3-7,10-11,13-14,18H,2,8-9,12,15-17H2,1H3,(H,23,29)/t18-/m1/s1. The summed E-state index contributed by atoms with van der Waals surface area (Å²) >= 11 is 1.56. The lowest BCUT2D eigenvalue weighted by Gasteiger charge is -2.31. The lowest BCUT2D eigenvalue weighted by molar-refractivity contribution is -0.125. The van der Waals surface area contributed by atoms with E-state index in [0.29, 0.717) is 13.1 Å². The minimum absolute atomic E-state index is 0.00974. The minimum atomic E-state index is -0.00974. The summed E-state index contributed by atoms with van der Waals surface area (Å²) in [4.78, 5) is 17.3. The number of likely N-dealkylation sites (N-methyl/N-ethyl adjacent to an activating group) is 1. The van der Waals surface area contributed by atoms with Crippen molar-refractivity contribution in [1.29, 1.82) is 0 Å². The van der Waals surface area contributed by atoms with Crippen molar-refractivity contribution in [2.45, 2.75) is 19.8 Å². The Hall–Kier alpha value is -2.87. The minimum Gasteiger partial charge on any atom is -0.370 e. The highest BCUT2D eigenvalue weighted by Crippen LogP contribution is 2.27. The molecule has 2 aromatic heterocycles. The van der Waals surface area contributed by atoms with Gasteiger partial charge in [0.15, 0.2) is 0 Å². The quantitative estimate of drug-likeness (QED) is 0.602.